The van der Waals surface area contributed by atoms with E-state index in [1.54, 1.807) is 0 Å². The average Bonchev–Trinajstić information content (AvgIpc) is 1.31. The summed E-state index contributed by atoms with van der Waals surface area (Å²) in [6.07, 6.45) is 0. The van der Waals surface area contributed by atoms with E-state index in [0.29, 0.717) is 0 Å². The fourth-order valence-electron chi connectivity index (χ4n) is 0. The molecular formula is C2H8N2O2S. The van der Waals surface area contributed by atoms with Crippen molar-refractivity contribution in [3.63, 3.8) is 0 Å². The van der Waals surface area contributed by atoms with Crippen LogP contribution in [0.1, 0.15) is 6.92 Å². The zero-order valence-electron chi connectivity index (χ0n) is 3.96. The molecule has 0 rings (SSSR count). The van der Waals surface area contributed by atoms with E-state index in [2.05, 4.69) is 5.14 Å². The minimum atomic E-state index is -3.46. The molecule has 0 saturated carbocycles. The molecule has 0 aliphatic rings. The smallest absolute Gasteiger partial charge is 0.224 e. The van der Waals surface area contributed by atoms with Gasteiger partial charge in [-0.15, -0.1) is 0 Å². The second-order valence-corrected chi connectivity index (χ2v) is 3.22. The maximum Gasteiger partial charge on any atom is 0.224 e. The summed E-state index contributed by atoms with van der Waals surface area (Å²) in [5.41, 5.74) is 4.86. The molecule has 0 aliphatic heterocycles. The molecule has 0 saturated heterocycles. The van der Waals surface area contributed by atoms with E-state index >= 15 is 0 Å². The predicted molar refractivity (Wildman–Crippen MR) is 26.8 cm³/mol. The molecule has 0 amide bonds. The molecule has 0 aromatic rings. The highest BCUT2D eigenvalue weighted by Crippen LogP contribution is 1.79. The van der Waals surface area contributed by atoms with Crippen LogP contribution in [0.3, 0.4) is 0 Å². The van der Waals surface area contributed by atoms with Gasteiger partial charge in [-0.25, -0.2) is 13.6 Å². The molecule has 0 aromatic carbocycles. The first-order valence-corrected chi connectivity index (χ1v) is 3.32. The minimum absolute atomic E-state index is 0.951. The van der Waals surface area contributed by atoms with Gasteiger partial charge in [0.2, 0.25) is 10.0 Å². The lowest BCUT2D eigenvalue weighted by atomic mass is 10.8. The molecule has 4 nitrogen and oxygen atoms in total. The Bertz CT molecular complexity index is 136. The summed E-state index contributed by atoms with van der Waals surface area (Å²) in [5, 5.41) is 3.57. The standard InChI is InChI=1S/C2H8N2O2S/c1-2(3)7(4,5)6/h2H,3H2,1H3,(H2,4,5,6)/t2-/m1/s1. The van der Waals surface area contributed by atoms with Crippen LogP contribution in [-0.4, -0.2) is 13.8 Å². The minimum Gasteiger partial charge on any atom is -0.314 e. The second-order valence-electron chi connectivity index (χ2n) is 1.29. The zero-order valence-corrected chi connectivity index (χ0v) is 4.77. The summed E-state index contributed by atoms with van der Waals surface area (Å²) < 4.78 is 20.0. The highest BCUT2D eigenvalue weighted by molar-refractivity contribution is 7.89. The lowest BCUT2D eigenvalue weighted by Gasteiger charge is -1.96. The van der Waals surface area contributed by atoms with E-state index in [0.717, 1.165) is 0 Å². The second kappa shape index (κ2) is 1.77. The van der Waals surface area contributed by atoms with Gasteiger partial charge in [0.1, 0.15) is 5.37 Å². The van der Waals surface area contributed by atoms with Gasteiger partial charge in [-0.1, -0.05) is 0 Å². The Morgan fingerprint density at radius 1 is 1.57 bits per heavy atom. The van der Waals surface area contributed by atoms with Gasteiger partial charge in [-0.3, -0.25) is 0 Å². The number of hydrogen-bond donors (Lipinski definition) is 2. The monoisotopic (exact) mass is 124 g/mol. The Kier molecular flexibility index (Phi) is 1.74. The maximum absolute atomic E-state index is 9.98. The SMILES string of the molecule is C[C@H](N)S(N)(=O)=O. The molecule has 0 spiro atoms. The van der Waals surface area contributed by atoms with Crippen molar-refractivity contribution >= 4 is 10.0 Å². The van der Waals surface area contributed by atoms with Gasteiger partial charge in [0.05, 0.1) is 0 Å². The van der Waals surface area contributed by atoms with Gasteiger partial charge in [-0.05, 0) is 6.92 Å². The van der Waals surface area contributed by atoms with Gasteiger partial charge in [-0.2, -0.15) is 0 Å². The third-order valence-electron chi connectivity index (χ3n) is 0.518. The van der Waals surface area contributed by atoms with E-state index < -0.39 is 15.4 Å². The number of primary sulfonamides is 1. The number of sulfonamides is 1. The van der Waals surface area contributed by atoms with Crippen molar-refractivity contribution in [3.05, 3.63) is 0 Å². The van der Waals surface area contributed by atoms with Crippen molar-refractivity contribution in [2.45, 2.75) is 12.3 Å². The first kappa shape index (κ1) is 6.87. The molecule has 0 bridgehead atoms. The molecule has 7 heavy (non-hydrogen) atoms. The number of hydrogen-bond acceptors (Lipinski definition) is 3. The third kappa shape index (κ3) is 2.55. The van der Waals surface area contributed by atoms with Crippen LogP contribution in [-0.2, 0) is 10.0 Å². The van der Waals surface area contributed by atoms with Crippen molar-refractivity contribution in [1.29, 1.82) is 0 Å². The van der Waals surface area contributed by atoms with E-state index in [-0.39, 0.29) is 0 Å². The van der Waals surface area contributed by atoms with Gasteiger partial charge >= 0.3 is 0 Å². The topological polar surface area (TPSA) is 86.2 Å². The van der Waals surface area contributed by atoms with Crippen LogP contribution in [0.15, 0.2) is 0 Å². The zero-order chi connectivity index (χ0) is 6.08. The van der Waals surface area contributed by atoms with Crippen LogP contribution in [0.4, 0.5) is 0 Å². The van der Waals surface area contributed by atoms with Crippen LogP contribution < -0.4 is 10.9 Å². The summed E-state index contributed by atoms with van der Waals surface area (Å²) >= 11 is 0. The maximum atomic E-state index is 9.98. The van der Waals surface area contributed by atoms with Gasteiger partial charge in [0.15, 0.2) is 0 Å². The summed E-state index contributed by atoms with van der Waals surface area (Å²) in [4.78, 5) is 0. The first-order chi connectivity index (χ1) is 2.94. The average molecular weight is 124 g/mol. The van der Waals surface area contributed by atoms with Crippen LogP contribution in [0.25, 0.3) is 0 Å². The first-order valence-electron chi connectivity index (χ1n) is 1.72. The normalized spacial score (nSPS) is 16.4. The fourth-order valence-corrected chi connectivity index (χ4v) is 0. The molecule has 44 valence electrons. The Balaban J connectivity index is 4.10. The molecule has 5 heteroatoms. The lowest BCUT2D eigenvalue weighted by molar-refractivity contribution is 0.587. The molecule has 0 aliphatic carbocycles. The van der Waals surface area contributed by atoms with E-state index in [4.69, 9.17) is 5.73 Å². The Morgan fingerprint density at radius 2 is 1.71 bits per heavy atom. The molecule has 0 fully saturated rings. The summed E-state index contributed by atoms with van der Waals surface area (Å²) in [6.45, 7) is 1.31. The van der Waals surface area contributed by atoms with Crippen molar-refractivity contribution in [1.82, 2.24) is 0 Å². The summed E-state index contributed by atoms with van der Waals surface area (Å²) in [7, 11) is -3.46. The van der Waals surface area contributed by atoms with Crippen molar-refractivity contribution in [3.8, 4) is 0 Å². The van der Waals surface area contributed by atoms with Crippen LogP contribution in [0.5, 0.6) is 0 Å². The Labute approximate surface area is 42.5 Å². The van der Waals surface area contributed by atoms with Gasteiger partial charge in [0.25, 0.3) is 0 Å². The van der Waals surface area contributed by atoms with Crippen LogP contribution in [0.2, 0.25) is 0 Å². The highest BCUT2D eigenvalue weighted by Gasteiger charge is 2.06. The molecule has 1 atom stereocenters. The third-order valence-corrected chi connectivity index (χ3v) is 1.55. The van der Waals surface area contributed by atoms with Crippen molar-refractivity contribution in [2.24, 2.45) is 10.9 Å². The number of rotatable bonds is 1. The van der Waals surface area contributed by atoms with E-state index in [1.807, 2.05) is 0 Å². The van der Waals surface area contributed by atoms with Crippen LogP contribution >= 0.6 is 0 Å². The Morgan fingerprint density at radius 3 is 1.71 bits per heavy atom. The van der Waals surface area contributed by atoms with E-state index in [1.165, 1.54) is 6.92 Å². The quantitative estimate of drug-likeness (QED) is 0.449. The molecular weight excluding hydrogens is 116 g/mol. The van der Waals surface area contributed by atoms with Crippen molar-refractivity contribution < 1.29 is 8.42 Å². The Hall–Kier alpha value is -0.130. The highest BCUT2D eigenvalue weighted by atomic mass is 32.2. The predicted octanol–water partition coefficient (Wildman–Crippen LogP) is -1.42. The van der Waals surface area contributed by atoms with Gasteiger partial charge in [0, 0.05) is 0 Å². The largest absolute Gasteiger partial charge is 0.314 e. The van der Waals surface area contributed by atoms with Gasteiger partial charge < -0.3 is 5.73 Å². The molecule has 0 heterocycles. The lowest BCUT2D eigenvalue weighted by Crippen LogP contribution is -2.32. The molecule has 4 N–H and O–H groups in total. The fraction of sp³-hybridized carbons (Fsp3) is 1.00. The molecule has 0 unspecified atom stereocenters. The van der Waals surface area contributed by atoms with Crippen molar-refractivity contribution in [2.75, 3.05) is 0 Å². The molecule has 0 radical (unpaired) electrons. The molecule has 0 aromatic heterocycles. The number of nitrogens with two attached hydrogens (primary N) is 2. The summed E-state index contributed by atoms with van der Waals surface area (Å²) in [5.74, 6) is 0. The summed E-state index contributed by atoms with van der Waals surface area (Å²) in [6, 6.07) is 0. The van der Waals surface area contributed by atoms with E-state index in [9.17, 15) is 8.42 Å². The van der Waals surface area contributed by atoms with Crippen LogP contribution in [0, 0.1) is 0 Å².